The summed E-state index contributed by atoms with van der Waals surface area (Å²) in [5.41, 5.74) is 0.137. The van der Waals surface area contributed by atoms with E-state index in [1.54, 1.807) is 0 Å². The van der Waals surface area contributed by atoms with E-state index in [4.69, 9.17) is 0 Å². The third-order valence-electron chi connectivity index (χ3n) is 2.07. The lowest BCUT2D eigenvalue weighted by Crippen LogP contribution is -2.25. The summed E-state index contributed by atoms with van der Waals surface area (Å²) < 4.78 is 27.0. The summed E-state index contributed by atoms with van der Waals surface area (Å²) >= 11 is 3.04. The third kappa shape index (κ3) is 3.54. The third-order valence-corrected chi connectivity index (χ3v) is 2.68. The van der Waals surface area contributed by atoms with Crippen LogP contribution in [0.5, 0.6) is 0 Å². The van der Waals surface area contributed by atoms with Crippen LogP contribution in [0.4, 0.5) is 8.78 Å². The van der Waals surface area contributed by atoms with Crippen molar-refractivity contribution >= 4 is 15.9 Å². The molecule has 0 saturated heterocycles. The van der Waals surface area contributed by atoms with Crippen LogP contribution in [0.1, 0.15) is 19.4 Å². The average molecular weight is 278 g/mol. The molecule has 0 aliphatic carbocycles. The van der Waals surface area contributed by atoms with Crippen LogP contribution in [0.3, 0.4) is 0 Å². The van der Waals surface area contributed by atoms with Crippen molar-refractivity contribution < 1.29 is 8.78 Å². The Balaban J connectivity index is 2.71. The molecule has 0 amide bonds. The summed E-state index contributed by atoms with van der Waals surface area (Å²) in [5.74, 6) is -0.984. The molecule has 1 aromatic rings. The van der Waals surface area contributed by atoms with Crippen LogP contribution in [-0.2, 0) is 6.42 Å². The molecule has 0 aliphatic heterocycles. The van der Waals surface area contributed by atoms with Crippen molar-refractivity contribution in [3.8, 4) is 0 Å². The van der Waals surface area contributed by atoms with E-state index in [1.165, 1.54) is 12.1 Å². The van der Waals surface area contributed by atoms with E-state index < -0.39 is 11.6 Å². The van der Waals surface area contributed by atoms with Gasteiger partial charge in [-0.15, -0.1) is 0 Å². The first kappa shape index (κ1) is 12.6. The van der Waals surface area contributed by atoms with Gasteiger partial charge in [-0.2, -0.15) is 0 Å². The maximum Gasteiger partial charge on any atom is 0.143 e. The Bertz CT molecular complexity index is 340. The number of benzene rings is 1. The highest BCUT2D eigenvalue weighted by atomic mass is 79.9. The van der Waals surface area contributed by atoms with Gasteiger partial charge in [0, 0.05) is 11.6 Å². The summed E-state index contributed by atoms with van der Waals surface area (Å²) in [4.78, 5) is 0. The molecule has 0 unspecified atom stereocenters. The Morgan fingerprint density at radius 3 is 2.60 bits per heavy atom. The first-order valence-electron chi connectivity index (χ1n) is 4.88. The van der Waals surface area contributed by atoms with Gasteiger partial charge in [-0.3, -0.25) is 0 Å². The van der Waals surface area contributed by atoms with Crippen molar-refractivity contribution in [1.29, 1.82) is 0 Å². The second kappa shape index (κ2) is 5.56. The van der Waals surface area contributed by atoms with Crippen molar-refractivity contribution in [2.24, 2.45) is 0 Å². The van der Waals surface area contributed by atoms with Gasteiger partial charge in [0.15, 0.2) is 0 Å². The molecule has 1 nitrogen and oxygen atoms in total. The maximum absolute atomic E-state index is 13.5. The molecule has 0 aliphatic rings. The fraction of sp³-hybridized carbons (Fsp3) is 0.455. The first-order chi connectivity index (χ1) is 7.02. The van der Waals surface area contributed by atoms with Crippen molar-refractivity contribution in [2.75, 3.05) is 6.54 Å². The van der Waals surface area contributed by atoms with E-state index in [9.17, 15) is 8.78 Å². The monoisotopic (exact) mass is 277 g/mol. The van der Waals surface area contributed by atoms with Gasteiger partial charge in [-0.05, 0) is 41.0 Å². The van der Waals surface area contributed by atoms with E-state index in [0.717, 1.165) is 0 Å². The summed E-state index contributed by atoms with van der Waals surface area (Å²) in [7, 11) is 0. The highest BCUT2D eigenvalue weighted by Crippen LogP contribution is 2.21. The molecule has 0 fully saturated rings. The van der Waals surface area contributed by atoms with Crippen LogP contribution >= 0.6 is 15.9 Å². The number of rotatable bonds is 4. The fourth-order valence-electron chi connectivity index (χ4n) is 1.28. The summed E-state index contributed by atoms with van der Waals surface area (Å²) in [6.45, 7) is 4.56. The zero-order valence-electron chi connectivity index (χ0n) is 8.78. The minimum absolute atomic E-state index is 0.137. The van der Waals surface area contributed by atoms with E-state index in [1.807, 2.05) is 13.8 Å². The standard InChI is InChI=1S/C11H14BrF2N/c1-7(2)15-6-5-8-10(13)4-3-9(12)11(8)14/h3-4,7,15H,5-6H2,1-2H3. The Kier molecular flexibility index (Phi) is 4.67. The topological polar surface area (TPSA) is 12.0 Å². The van der Waals surface area contributed by atoms with Crippen molar-refractivity contribution in [3.05, 3.63) is 33.8 Å². The predicted molar refractivity (Wildman–Crippen MR) is 60.9 cm³/mol. The second-order valence-electron chi connectivity index (χ2n) is 3.68. The number of hydrogen-bond donors (Lipinski definition) is 1. The molecule has 84 valence electrons. The lowest BCUT2D eigenvalue weighted by atomic mass is 10.1. The van der Waals surface area contributed by atoms with Crippen molar-refractivity contribution in [1.82, 2.24) is 5.32 Å². The van der Waals surface area contributed by atoms with Gasteiger partial charge in [0.05, 0.1) is 4.47 Å². The molecule has 1 N–H and O–H groups in total. The molecule has 0 aromatic heterocycles. The maximum atomic E-state index is 13.5. The molecule has 0 radical (unpaired) electrons. The lowest BCUT2D eigenvalue weighted by Gasteiger charge is -2.09. The van der Waals surface area contributed by atoms with Gasteiger partial charge in [-0.25, -0.2) is 8.78 Å². The van der Waals surface area contributed by atoms with E-state index >= 15 is 0 Å². The van der Waals surface area contributed by atoms with Gasteiger partial charge >= 0.3 is 0 Å². The fourth-order valence-corrected chi connectivity index (χ4v) is 1.66. The van der Waals surface area contributed by atoms with Gasteiger partial charge in [0.25, 0.3) is 0 Å². The van der Waals surface area contributed by atoms with E-state index in [-0.39, 0.29) is 5.56 Å². The number of halogens is 3. The van der Waals surface area contributed by atoms with E-state index in [2.05, 4.69) is 21.2 Å². The second-order valence-corrected chi connectivity index (χ2v) is 4.53. The Labute approximate surface area is 97.0 Å². The van der Waals surface area contributed by atoms with Crippen molar-refractivity contribution in [2.45, 2.75) is 26.3 Å². The SMILES string of the molecule is CC(C)NCCc1c(F)ccc(Br)c1F. The van der Waals surface area contributed by atoms with Crippen molar-refractivity contribution in [3.63, 3.8) is 0 Å². The quantitative estimate of drug-likeness (QED) is 0.833. The van der Waals surface area contributed by atoms with Crippen LogP contribution in [0.15, 0.2) is 16.6 Å². The Morgan fingerprint density at radius 1 is 1.33 bits per heavy atom. The van der Waals surface area contributed by atoms with E-state index in [0.29, 0.717) is 23.5 Å². The molecule has 0 bridgehead atoms. The first-order valence-corrected chi connectivity index (χ1v) is 5.67. The highest BCUT2D eigenvalue weighted by Gasteiger charge is 2.11. The van der Waals surface area contributed by atoms with Crippen LogP contribution in [-0.4, -0.2) is 12.6 Å². The average Bonchev–Trinajstić information content (AvgIpc) is 2.17. The molecular weight excluding hydrogens is 264 g/mol. The largest absolute Gasteiger partial charge is 0.314 e. The molecule has 1 rings (SSSR count). The summed E-state index contributed by atoms with van der Waals surface area (Å²) in [5, 5.41) is 3.12. The highest BCUT2D eigenvalue weighted by molar-refractivity contribution is 9.10. The van der Waals surface area contributed by atoms with Gasteiger partial charge in [0.2, 0.25) is 0 Å². The summed E-state index contributed by atoms with van der Waals surface area (Å²) in [6, 6.07) is 2.98. The normalized spacial score (nSPS) is 11.1. The smallest absolute Gasteiger partial charge is 0.143 e. The van der Waals surface area contributed by atoms with Gasteiger partial charge in [0.1, 0.15) is 11.6 Å². The molecular formula is C11H14BrF2N. The summed E-state index contributed by atoms with van der Waals surface area (Å²) in [6.07, 6.45) is 0.356. The molecule has 0 saturated carbocycles. The van der Waals surface area contributed by atoms with Gasteiger partial charge in [-0.1, -0.05) is 13.8 Å². The minimum atomic E-state index is -0.499. The molecule has 15 heavy (non-hydrogen) atoms. The van der Waals surface area contributed by atoms with Crippen LogP contribution in [0.2, 0.25) is 0 Å². The van der Waals surface area contributed by atoms with Crippen LogP contribution in [0.25, 0.3) is 0 Å². The van der Waals surface area contributed by atoms with Gasteiger partial charge < -0.3 is 5.32 Å². The number of hydrogen-bond acceptors (Lipinski definition) is 1. The molecule has 1 aromatic carbocycles. The van der Waals surface area contributed by atoms with Crippen LogP contribution < -0.4 is 5.32 Å². The zero-order chi connectivity index (χ0) is 11.4. The molecule has 0 spiro atoms. The Morgan fingerprint density at radius 2 is 2.00 bits per heavy atom. The molecule has 0 atom stereocenters. The van der Waals surface area contributed by atoms with Crippen LogP contribution in [0, 0.1) is 11.6 Å². The minimum Gasteiger partial charge on any atom is -0.314 e. The predicted octanol–water partition coefficient (Wildman–Crippen LogP) is 3.27. The molecule has 4 heteroatoms. The molecule has 0 heterocycles. The Hall–Kier alpha value is -0.480. The zero-order valence-corrected chi connectivity index (χ0v) is 10.4. The number of nitrogens with one attached hydrogen (secondary N) is 1. The lowest BCUT2D eigenvalue weighted by molar-refractivity contribution is 0.530.